The first kappa shape index (κ1) is 20.3. The van der Waals surface area contributed by atoms with E-state index in [1.54, 1.807) is 6.07 Å². The zero-order valence-corrected chi connectivity index (χ0v) is 16.8. The second kappa shape index (κ2) is 9.70. The Kier molecular flexibility index (Phi) is 6.80. The van der Waals surface area contributed by atoms with Crippen molar-refractivity contribution in [3.8, 4) is 0 Å². The van der Waals surface area contributed by atoms with Gasteiger partial charge < -0.3 is 16.0 Å². The van der Waals surface area contributed by atoms with Crippen molar-refractivity contribution < 1.29 is 9.72 Å². The normalized spacial score (nSPS) is 10.4. The van der Waals surface area contributed by atoms with E-state index >= 15 is 0 Å². The maximum Gasteiger partial charge on any atom is 0.326 e. The largest absolute Gasteiger partial charge is 0.385 e. The van der Waals surface area contributed by atoms with Gasteiger partial charge in [-0.3, -0.25) is 14.9 Å². The Bertz CT molecular complexity index is 989. The van der Waals surface area contributed by atoms with Crippen LogP contribution in [0.4, 0.5) is 27.1 Å². The lowest BCUT2D eigenvalue weighted by Gasteiger charge is -2.15. The third-order valence-electron chi connectivity index (χ3n) is 4.18. The molecule has 0 fully saturated rings. The van der Waals surface area contributed by atoms with Crippen LogP contribution >= 0.6 is 11.3 Å². The predicted molar refractivity (Wildman–Crippen MR) is 118 cm³/mol. The monoisotopic (exact) mass is 410 g/mol. The first-order valence-electron chi connectivity index (χ1n) is 9.32. The molecule has 0 saturated heterocycles. The number of hydrogen-bond donors (Lipinski definition) is 3. The lowest BCUT2D eigenvalue weighted by atomic mass is 10.1. The molecule has 0 unspecified atom stereocenters. The number of unbranched alkanes of at least 4 members (excludes halogenated alkanes) is 1. The van der Waals surface area contributed by atoms with Gasteiger partial charge in [0.2, 0.25) is 0 Å². The summed E-state index contributed by atoms with van der Waals surface area (Å²) in [7, 11) is 0. The molecule has 1 aromatic heterocycles. The fraction of sp³-hybridized carbons (Fsp3) is 0.190. The van der Waals surface area contributed by atoms with Crippen molar-refractivity contribution in [2.24, 2.45) is 0 Å². The third kappa shape index (κ3) is 5.55. The average molecular weight is 410 g/mol. The molecule has 0 aliphatic rings. The van der Waals surface area contributed by atoms with Crippen molar-refractivity contribution in [2.75, 3.05) is 22.5 Å². The first-order chi connectivity index (χ1) is 14.1. The van der Waals surface area contributed by atoms with Crippen LogP contribution in [0.3, 0.4) is 0 Å². The number of carbonyl (C=O) groups excluding carboxylic acids is 1. The Hall–Kier alpha value is -3.39. The number of benzene rings is 2. The van der Waals surface area contributed by atoms with Gasteiger partial charge in [-0.2, -0.15) is 0 Å². The minimum absolute atomic E-state index is 0.0154. The summed E-state index contributed by atoms with van der Waals surface area (Å²) in [6.07, 6.45) is 2.15. The van der Waals surface area contributed by atoms with E-state index in [1.165, 1.54) is 12.1 Å². The highest BCUT2D eigenvalue weighted by Crippen LogP contribution is 2.30. The Morgan fingerprint density at radius 3 is 2.55 bits per heavy atom. The van der Waals surface area contributed by atoms with E-state index in [2.05, 4.69) is 22.9 Å². The average Bonchev–Trinajstić information content (AvgIpc) is 3.18. The number of carbonyl (C=O) groups is 1. The van der Waals surface area contributed by atoms with Crippen LogP contribution < -0.4 is 16.0 Å². The summed E-state index contributed by atoms with van der Waals surface area (Å²) in [5.74, 6) is -0.333. The van der Waals surface area contributed by atoms with Crippen molar-refractivity contribution >= 4 is 44.3 Å². The van der Waals surface area contributed by atoms with Crippen LogP contribution in [0, 0.1) is 10.1 Å². The topological polar surface area (TPSA) is 96.3 Å². The van der Waals surface area contributed by atoms with E-state index in [-0.39, 0.29) is 10.9 Å². The molecule has 8 heteroatoms. The zero-order chi connectivity index (χ0) is 20.6. The Balaban J connectivity index is 1.84. The summed E-state index contributed by atoms with van der Waals surface area (Å²) in [5, 5.41) is 20.7. The molecule has 3 aromatic rings. The van der Waals surface area contributed by atoms with Gasteiger partial charge >= 0.3 is 5.00 Å². The number of thiophene rings is 1. The van der Waals surface area contributed by atoms with E-state index in [0.717, 1.165) is 42.1 Å². The lowest BCUT2D eigenvalue weighted by Crippen LogP contribution is -2.13. The van der Waals surface area contributed by atoms with Gasteiger partial charge in [-0.25, -0.2) is 0 Å². The molecular weight excluding hydrogens is 388 g/mol. The van der Waals surface area contributed by atoms with Gasteiger partial charge in [-0.1, -0.05) is 31.5 Å². The van der Waals surface area contributed by atoms with Crippen LogP contribution in [0.5, 0.6) is 0 Å². The summed E-state index contributed by atoms with van der Waals surface area (Å²) in [5.41, 5.74) is 2.88. The molecule has 0 aliphatic heterocycles. The molecule has 1 heterocycles. The molecule has 0 bridgehead atoms. The van der Waals surface area contributed by atoms with Crippen LogP contribution in [0.2, 0.25) is 0 Å². The second-order valence-corrected chi connectivity index (χ2v) is 7.44. The molecule has 0 atom stereocenters. The highest BCUT2D eigenvalue weighted by Gasteiger charge is 2.16. The summed E-state index contributed by atoms with van der Waals surface area (Å²) in [6, 6.07) is 18.0. The molecule has 29 heavy (non-hydrogen) atoms. The van der Waals surface area contributed by atoms with E-state index in [0.29, 0.717) is 16.3 Å². The molecule has 1 amide bonds. The molecule has 150 valence electrons. The SMILES string of the molecule is CCCCNc1ccc(C(=O)Nc2ccc([N+](=O)[O-])s2)c(Nc2ccccc2)c1. The fourth-order valence-corrected chi connectivity index (χ4v) is 3.43. The first-order valence-corrected chi connectivity index (χ1v) is 10.1. The van der Waals surface area contributed by atoms with Gasteiger partial charge in [-0.05, 0) is 54.2 Å². The van der Waals surface area contributed by atoms with Gasteiger partial charge in [0.1, 0.15) is 5.00 Å². The summed E-state index contributed by atoms with van der Waals surface area (Å²) >= 11 is 0.927. The van der Waals surface area contributed by atoms with Gasteiger partial charge in [0.15, 0.2) is 0 Å². The van der Waals surface area contributed by atoms with E-state index in [4.69, 9.17) is 0 Å². The van der Waals surface area contributed by atoms with Crippen LogP contribution in [-0.4, -0.2) is 17.4 Å². The maximum atomic E-state index is 12.8. The van der Waals surface area contributed by atoms with E-state index in [1.807, 2.05) is 42.5 Å². The van der Waals surface area contributed by atoms with Crippen molar-refractivity contribution in [1.29, 1.82) is 0 Å². The number of nitrogens with one attached hydrogen (secondary N) is 3. The van der Waals surface area contributed by atoms with Gasteiger partial charge in [-0.15, -0.1) is 0 Å². The third-order valence-corrected chi connectivity index (χ3v) is 5.14. The van der Waals surface area contributed by atoms with Gasteiger partial charge in [0, 0.05) is 24.0 Å². The van der Waals surface area contributed by atoms with Gasteiger partial charge in [0.05, 0.1) is 16.2 Å². The molecular formula is C21H22N4O3S. The standard InChI is InChI=1S/C21H22N4O3S/c1-2-3-13-22-16-9-10-17(18(14-16)23-15-7-5-4-6-8-15)21(26)24-19-11-12-20(29-19)25(27)28/h4-12,14,22-23H,2-3,13H2,1H3,(H,24,26). The van der Waals surface area contributed by atoms with E-state index in [9.17, 15) is 14.9 Å². The molecule has 0 saturated carbocycles. The molecule has 3 rings (SSSR count). The number of anilines is 4. The van der Waals surface area contributed by atoms with Crippen LogP contribution in [0.25, 0.3) is 0 Å². The van der Waals surface area contributed by atoms with E-state index < -0.39 is 4.92 Å². The summed E-state index contributed by atoms with van der Waals surface area (Å²) in [6.45, 7) is 2.98. The summed E-state index contributed by atoms with van der Waals surface area (Å²) in [4.78, 5) is 23.2. The Morgan fingerprint density at radius 1 is 1.07 bits per heavy atom. The number of nitrogens with zero attached hydrogens (tertiary/aromatic N) is 1. The Morgan fingerprint density at radius 2 is 1.86 bits per heavy atom. The zero-order valence-electron chi connectivity index (χ0n) is 16.0. The molecule has 0 spiro atoms. The molecule has 2 aromatic carbocycles. The lowest BCUT2D eigenvalue weighted by molar-refractivity contribution is -0.380. The smallest absolute Gasteiger partial charge is 0.326 e. The summed E-state index contributed by atoms with van der Waals surface area (Å²) < 4.78 is 0. The number of nitro groups is 1. The quantitative estimate of drug-likeness (QED) is 0.233. The number of para-hydroxylation sites is 1. The highest BCUT2D eigenvalue weighted by atomic mass is 32.1. The van der Waals surface area contributed by atoms with Crippen LogP contribution in [-0.2, 0) is 0 Å². The van der Waals surface area contributed by atoms with Gasteiger partial charge in [0.25, 0.3) is 5.91 Å². The molecule has 0 radical (unpaired) electrons. The molecule has 3 N–H and O–H groups in total. The van der Waals surface area contributed by atoms with Crippen molar-refractivity contribution in [1.82, 2.24) is 0 Å². The van der Waals surface area contributed by atoms with Crippen molar-refractivity contribution in [2.45, 2.75) is 19.8 Å². The maximum absolute atomic E-state index is 12.8. The van der Waals surface area contributed by atoms with Crippen molar-refractivity contribution in [3.63, 3.8) is 0 Å². The minimum atomic E-state index is -0.473. The highest BCUT2D eigenvalue weighted by molar-refractivity contribution is 7.19. The number of amides is 1. The minimum Gasteiger partial charge on any atom is -0.385 e. The molecule has 0 aliphatic carbocycles. The molecule has 7 nitrogen and oxygen atoms in total. The second-order valence-electron chi connectivity index (χ2n) is 6.38. The van der Waals surface area contributed by atoms with Crippen LogP contribution in [0.15, 0.2) is 60.7 Å². The number of hydrogen-bond acceptors (Lipinski definition) is 6. The van der Waals surface area contributed by atoms with Crippen molar-refractivity contribution in [3.05, 3.63) is 76.3 Å². The Labute approximate surface area is 172 Å². The van der Waals surface area contributed by atoms with Crippen LogP contribution in [0.1, 0.15) is 30.1 Å². The predicted octanol–water partition coefficient (Wildman–Crippen LogP) is 5.86. The fourth-order valence-electron chi connectivity index (χ4n) is 2.71. The number of rotatable bonds is 9.